The lowest BCUT2D eigenvalue weighted by Crippen LogP contribution is -2.26. The maximum Gasteiger partial charge on any atom is 0.273 e. The molecule has 1 aromatic rings. The molecular weight excluding hydrogens is 206 g/mol. The minimum Gasteiger partial charge on any atom is -0.378 e. The lowest BCUT2D eigenvalue weighted by molar-refractivity contribution is -0.129. The Morgan fingerprint density at radius 3 is 2.62 bits per heavy atom. The highest BCUT2D eigenvalue weighted by atomic mass is 16.3. The predicted octanol–water partition coefficient (Wildman–Crippen LogP) is 0.341. The highest BCUT2D eigenvalue weighted by molar-refractivity contribution is 5.82. The number of hydrazone groups is 1. The van der Waals surface area contributed by atoms with E-state index < -0.39 is 12.0 Å². The maximum atomic E-state index is 11.4. The molecule has 0 unspecified atom stereocenters. The number of hydrogen-bond donors (Lipinski definition) is 2. The number of carbonyl (C=O) groups excluding carboxylic acids is 1. The van der Waals surface area contributed by atoms with Crippen molar-refractivity contribution in [1.29, 1.82) is 0 Å². The van der Waals surface area contributed by atoms with Crippen molar-refractivity contribution in [2.75, 3.05) is 14.1 Å². The van der Waals surface area contributed by atoms with Crippen LogP contribution < -0.4 is 5.43 Å². The van der Waals surface area contributed by atoms with Crippen LogP contribution in [0.4, 0.5) is 0 Å². The lowest BCUT2D eigenvalue weighted by atomic mass is 10.1. The summed E-state index contributed by atoms with van der Waals surface area (Å²) in [7, 11) is 3.56. The van der Waals surface area contributed by atoms with Gasteiger partial charge in [0.2, 0.25) is 0 Å². The normalized spacial score (nSPS) is 12.4. The summed E-state index contributed by atoms with van der Waals surface area (Å²) in [5.74, 6) is -0.552. The van der Waals surface area contributed by atoms with E-state index in [1.54, 1.807) is 43.3 Å². The van der Waals surface area contributed by atoms with Crippen molar-refractivity contribution in [3.05, 3.63) is 35.9 Å². The number of nitrogens with zero attached hydrogens (tertiary/aromatic N) is 2. The molecule has 0 radical (unpaired) electrons. The van der Waals surface area contributed by atoms with E-state index in [0.29, 0.717) is 5.56 Å². The van der Waals surface area contributed by atoms with Gasteiger partial charge in [0.25, 0.3) is 5.91 Å². The molecule has 16 heavy (non-hydrogen) atoms. The fourth-order valence-electron chi connectivity index (χ4n) is 1.06. The minimum atomic E-state index is -1.19. The first kappa shape index (κ1) is 12.2. The Labute approximate surface area is 94.4 Å². The van der Waals surface area contributed by atoms with Gasteiger partial charge >= 0.3 is 0 Å². The van der Waals surface area contributed by atoms with Crippen molar-refractivity contribution in [3.8, 4) is 0 Å². The van der Waals surface area contributed by atoms with Crippen molar-refractivity contribution in [1.82, 2.24) is 10.3 Å². The summed E-state index contributed by atoms with van der Waals surface area (Å²) < 4.78 is 0. The molecule has 0 aliphatic heterocycles. The second-order valence-corrected chi connectivity index (χ2v) is 3.50. The van der Waals surface area contributed by atoms with E-state index in [-0.39, 0.29) is 0 Å². The van der Waals surface area contributed by atoms with Gasteiger partial charge < -0.3 is 10.0 Å². The summed E-state index contributed by atoms with van der Waals surface area (Å²) >= 11 is 0. The van der Waals surface area contributed by atoms with Gasteiger partial charge in [-0.05, 0) is 5.56 Å². The van der Waals surface area contributed by atoms with Crippen molar-refractivity contribution in [2.24, 2.45) is 5.10 Å². The van der Waals surface area contributed by atoms with Crippen LogP contribution in [0.5, 0.6) is 0 Å². The topological polar surface area (TPSA) is 64.9 Å². The van der Waals surface area contributed by atoms with E-state index in [1.165, 1.54) is 6.34 Å². The Kier molecular flexibility index (Phi) is 4.47. The molecule has 5 nitrogen and oxygen atoms in total. The SMILES string of the molecule is CN(C)/C=N/NC(=O)[C@H](O)c1ccccc1. The molecule has 1 aromatic carbocycles. The number of benzene rings is 1. The van der Waals surface area contributed by atoms with E-state index >= 15 is 0 Å². The van der Waals surface area contributed by atoms with Crippen molar-refractivity contribution in [3.63, 3.8) is 0 Å². The molecule has 86 valence electrons. The van der Waals surface area contributed by atoms with Crippen LogP contribution in [0.2, 0.25) is 0 Å². The molecule has 1 rings (SSSR count). The third kappa shape index (κ3) is 3.70. The Morgan fingerprint density at radius 1 is 1.44 bits per heavy atom. The van der Waals surface area contributed by atoms with Gasteiger partial charge in [-0.2, -0.15) is 5.10 Å². The summed E-state index contributed by atoms with van der Waals surface area (Å²) in [6.07, 6.45) is 0.246. The third-order valence-corrected chi connectivity index (χ3v) is 1.83. The standard InChI is InChI=1S/C11H15N3O2/c1-14(2)8-12-13-11(16)10(15)9-6-4-3-5-7-9/h3-8,10,15H,1-2H3,(H,13,16)/b12-8+/t10-/m1/s1. The summed E-state index contributed by atoms with van der Waals surface area (Å²) in [5.41, 5.74) is 2.79. The molecule has 0 aliphatic carbocycles. The van der Waals surface area contributed by atoms with Gasteiger partial charge in [0.05, 0.1) is 0 Å². The number of aliphatic hydroxyl groups excluding tert-OH is 1. The highest BCUT2D eigenvalue weighted by Crippen LogP contribution is 2.11. The molecule has 1 amide bonds. The number of rotatable bonds is 4. The largest absolute Gasteiger partial charge is 0.378 e. The summed E-state index contributed by atoms with van der Waals surface area (Å²) in [6, 6.07) is 8.70. The molecule has 5 heteroatoms. The predicted molar refractivity (Wildman–Crippen MR) is 61.7 cm³/mol. The molecule has 0 spiro atoms. The van der Waals surface area contributed by atoms with E-state index in [9.17, 15) is 9.90 Å². The number of aliphatic hydroxyl groups is 1. The van der Waals surface area contributed by atoms with Crippen LogP contribution in [0.3, 0.4) is 0 Å². The number of amides is 1. The second-order valence-electron chi connectivity index (χ2n) is 3.50. The highest BCUT2D eigenvalue weighted by Gasteiger charge is 2.15. The maximum absolute atomic E-state index is 11.4. The average Bonchev–Trinajstić information content (AvgIpc) is 2.28. The van der Waals surface area contributed by atoms with E-state index in [4.69, 9.17) is 0 Å². The fraction of sp³-hybridized carbons (Fsp3) is 0.273. The molecule has 0 aliphatic rings. The zero-order chi connectivity index (χ0) is 12.0. The van der Waals surface area contributed by atoms with E-state index in [2.05, 4.69) is 10.5 Å². The number of hydrogen-bond acceptors (Lipinski definition) is 3. The first-order valence-corrected chi connectivity index (χ1v) is 4.83. The average molecular weight is 221 g/mol. The molecule has 0 saturated heterocycles. The van der Waals surface area contributed by atoms with Gasteiger partial charge in [0.1, 0.15) is 6.34 Å². The van der Waals surface area contributed by atoms with Crippen LogP contribution in [0.1, 0.15) is 11.7 Å². The first-order chi connectivity index (χ1) is 7.61. The molecule has 0 bridgehead atoms. The zero-order valence-electron chi connectivity index (χ0n) is 9.29. The Bertz CT molecular complexity index is 363. The van der Waals surface area contributed by atoms with Crippen molar-refractivity contribution >= 4 is 12.2 Å². The van der Waals surface area contributed by atoms with Crippen LogP contribution in [-0.2, 0) is 4.79 Å². The molecule has 2 N–H and O–H groups in total. The van der Waals surface area contributed by atoms with Gasteiger partial charge in [0, 0.05) is 14.1 Å². The Morgan fingerprint density at radius 2 is 2.06 bits per heavy atom. The lowest BCUT2D eigenvalue weighted by Gasteiger charge is -2.09. The van der Waals surface area contributed by atoms with Crippen LogP contribution in [0, 0.1) is 0 Å². The van der Waals surface area contributed by atoms with Gasteiger partial charge in [-0.1, -0.05) is 30.3 Å². The van der Waals surface area contributed by atoms with Gasteiger partial charge in [-0.25, -0.2) is 5.43 Å². The molecule has 0 heterocycles. The summed E-state index contributed by atoms with van der Waals surface area (Å²) in [4.78, 5) is 13.1. The summed E-state index contributed by atoms with van der Waals surface area (Å²) in [6.45, 7) is 0. The van der Waals surface area contributed by atoms with Crippen LogP contribution >= 0.6 is 0 Å². The molecule has 1 atom stereocenters. The summed E-state index contributed by atoms with van der Waals surface area (Å²) in [5, 5.41) is 13.3. The monoisotopic (exact) mass is 221 g/mol. The van der Waals surface area contributed by atoms with Crippen LogP contribution in [-0.4, -0.2) is 36.3 Å². The molecule has 0 saturated carbocycles. The van der Waals surface area contributed by atoms with E-state index in [1.807, 2.05) is 6.07 Å². The third-order valence-electron chi connectivity index (χ3n) is 1.83. The zero-order valence-corrected chi connectivity index (χ0v) is 9.29. The molecule has 0 aromatic heterocycles. The molecule has 0 fully saturated rings. The number of nitrogens with one attached hydrogen (secondary N) is 1. The van der Waals surface area contributed by atoms with Gasteiger partial charge in [-0.3, -0.25) is 4.79 Å². The Hall–Kier alpha value is -1.88. The van der Waals surface area contributed by atoms with Crippen LogP contribution in [0.15, 0.2) is 35.4 Å². The second kappa shape index (κ2) is 5.87. The fourth-order valence-corrected chi connectivity index (χ4v) is 1.06. The smallest absolute Gasteiger partial charge is 0.273 e. The van der Waals surface area contributed by atoms with Crippen molar-refractivity contribution in [2.45, 2.75) is 6.10 Å². The van der Waals surface area contributed by atoms with Gasteiger partial charge in [0.15, 0.2) is 6.10 Å². The molecular formula is C11H15N3O2. The van der Waals surface area contributed by atoms with Crippen LogP contribution in [0.25, 0.3) is 0 Å². The van der Waals surface area contributed by atoms with E-state index in [0.717, 1.165) is 0 Å². The minimum absolute atomic E-state index is 0.542. The van der Waals surface area contributed by atoms with Crippen molar-refractivity contribution < 1.29 is 9.90 Å². The quantitative estimate of drug-likeness (QED) is 0.438. The van der Waals surface area contributed by atoms with Gasteiger partial charge in [-0.15, -0.1) is 0 Å². The first-order valence-electron chi connectivity index (χ1n) is 4.83. The Balaban J connectivity index is 2.55. The number of carbonyl (C=O) groups is 1.